The van der Waals surface area contributed by atoms with Crippen molar-refractivity contribution in [2.75, 3.05) is 13.1 Å². The van der Waals surface area contributed by atoms with Crippen molar-refractivity contribution < 1.29 is 18.9 Å². The maximum absolute atomic E-state index is 13.6. The van der Waals surface area contributed by atoms with Crippen LogP contribution in [0.25, 0.3) is 10.9 Å². The van der Waals surface area contributed by atoms with Gasteiger partial charge < -0.3 is 19.9 Å². The molecule has 202 valence electrons. The first-order chi connectivity index (χ1) is 17.1. The second-order valence-electron chi connectivity index (χ2n) is 10.5. The SMILES string of the molecule is Cc1n(C(OC(=O)N(CCN)C(C)C)C(C)C)cc[n+]1CC1CCc2c(c3ccccc3n2C)C1=O.Cl. The molecule has 2 atom stereocenters. The number of ketones is 1. The molecule has 1 aliphatic carbocycles. The summed E-state index contributed by atoms with van der Waals surface area (Å²) >= 11 is 0. The Morgan fingerprint density at radius 3 is 2.59 bits per heavy atom. The van der Waals surface area contributed by atoms with Crippen molar-refractivity contribution in [1.82, 2.24) is 14.0 Å². The van der Waals surface area contributed by atoms with Gasteiger partial charge in [-0.1, -0.05) is 32.0 Å². The van der Waals surface area contributed by atoms with Crippen molar-refractivity contribution in [2.24, 2.45) is 24.6 Å². The molecule has 0 saturated carbocycles. The maximum Gasteiger partial charge on any atom is 0.413 e. The quantitative estimate of drug-likeness (QED) is 0.437. The topological polar surface area (TPSA) is 86.4 Å². The fraction of sp³-hybridized carbons (Fsp3) is 0.536. The number of amides is 1. The second kappa shape index (κ2) is 11.7. The van der Waals surface area contributed by atoms with Crippen LogP contribution in [-0.4, -0.2) is 45.0 Å². The van der Waals surface area contributed by atoms with Crippen molar-refractivity contribution in [3.05, 3.63) is 53.7 Å². The number of carbonyl (C=O) groups is 2. The molecular formula is C28H41ClN5O3+. The van der Waals surface area contributed by atoms with Crippen LogP contribution in [0.1, 0.15) is 62.2 Å². The van der Waals surface area contributed by atoms with Crippen LogP contribution in [0.15, 0.2) is 36.7 Å². The Bertz CT molecular complexity index is 1260. The van der Waals surface area contributed by atoms with E-state index in [2.05, 4.69) is 28.3 Å². The number of aryl methyl sites for hydroxylation is 1. The van der Waals surface area contributed by atoms with E-state index < -0.39 is 6.23 Å². The number of hydrogen-bond acceptors (Lipinski definition) is 4. The smallest absolute Gasteiger partial charge is 0.405 e. The Morgan fingerprint density at radius 1 is 1.24 bits per heavy atom. The number of fused-ring (bicyclic) bond motifs is 3. The number of nitrogens with two attached hydrogens (primary N) is 1. The van der Waals surface area contributed by atoms with Gasteiger partial charge in [0.1, 0.15) is 18.9 Å². The monoisotopic (exact) mass is 530 g/mol. The molecule has 0 spiro atoms. The van der Waals surface area contributed by atoms with Gasteiger partial charge in [-0.2, -0.15) is 4.57 Å². The number of aromatic nitrogens is 3. The number of imidazole rings is 1. The fourth-order valence-electron chi connectivity index (χ4n) is 5.43. The van der Waals surface area contributed by atoms with Crippen molar-refractivity contribution in [2.45, 2.75) is 66.3 Å². The summed E-state index contributed by atoms with van der Waals surface area (Å²) in [4.78, 5) is 28.2. The number of carbonyl (C=O) groups excluding carboxylic acids is 2. The summed E-state index contributed by atoms with van der Waals surface area (Å²) in [7, 11) is 2.05. The molecule has 0 saturated heterocycles. The lowest BCUT2D eigenvalue weighted by molar-refractivity contribution is -0.706. The van der Waals surface area contributed by atoms with Crippen LogP contribution in [-0.2, 0) is 24.8 Å². The first-order valence-corrected chi connectivity index (χ1v) is 13.0. The van der Waals surface area contributed by atoms with Gasteiger partial charge in [0.2, 0.25) is 6.23 Å². The minimum absolute atomic E-state index is 0. The third kappa shape index (κ3) is 5.41. The van der Waals surface area contributed by atoms with Crippen molar-refractivity contribution in [3.63, 3.8) is 0 Å². The number of halogens is 1. The van der Waals surface area contributed by atoms with E-state index >= 15 is 0 Å². The Hall–Kier alpha value is -2.84. The van der Waals surface area contributed by atoms with Crippen LogP contribution in [0.2, 0.25) is 0 Å². The van der Waals surface area contributed by atoms with E-state index in [0.29, 0.717) is 19.6 Å². The van der Waals surface area contributed by atoms with Gasteiger partial charge >= 0.3 is 6.09 Å². The van der Waals surface area contributed by atoms with Gasteiger partial charge in [-0.05, 0) is 32.8 Å². The summed E-state index contributed by atoms with van der Waals surface area (Å²) in [5.41, 5.74) is 8.83. The third-order valence-electron chi connectivity index (χ3n) is 7.48. The molecule has 0 fully saturated rings. The Balaban J connectivity index is 0.00000380. The lowest BCUT2D eigenvalue weighted by Crippen LogP contribution is -2.44. The largest absolute Gasteiger partial charge is 0.413 e. The zero-order valence-electron chi connectivity index (χ0n) is 22.8. The fourth-order valence-corrected chi connectivity index (χ4v) is 5.43. The number of nitrogens with zero attached hydrogens (tertiary/aromatic N) is 4. The molecule has 2 unspecified atom stereocenters. The normalized spacial score (nSPS) is 16.1. The van der Waals surface area contributed by atoms with Crippen LogP contribution in [0.3, 0.4) is 0 Å². The van der Waals surface area contributed by atoms with Gasteiger partial charge in [-0.15, -0.1) is 12.4 Å². The van der Waals surface area contributed by atoms with Crippen LogP contribution in [0.5, 0.6) is 0 Å². The number of para-hydroxylation sites is 1. The van der Waals surface area contributed by atoms with E-state index in [0.717, 1.165) is 40.8 Å². The standard InChI is InChI=1S/C28H40N5O3.ClH/c1-18(2)27(36-28(35)32(14-13-29)19(3)4)33-16-15-31(20(33)5)17-21-11-12-24-25(26(21)34)22-9-7-8-10-23(22)30(24)6;/h7-10,15-16,18-19,21,27H,11-14,17,29H2,1-6H3;1H/q+1;. The number of ether oxygens (including phenoxy) is 1. The molecule has 8 nitrogen and oxygen atoms in total. The van der Waals surface area contributed by atoms with Gasteiger partial charge in [0.25, 0.3) is 5.82 Å². The van der Waals surface area contributed by atoms with Crippen molar-refractivity contribution in [3.8, 4) is 0 Å². The summed E-state index contributed by atoms with van der Waals surface area (Å²) in [6.45, 7) is 11.4. The molecule has 1 amide bonds. The summed E-state index contributed by atoms with van der Waals surface area (Å²) in [6, 6.07) is 8.15. The predicted octanol–water partition coefficient (Wildman–Crippen LogP) is 4.40. The van der Waals surface area contributed by atoms with Gasteiger partial charge in [0.05, 0.1) is 5.92 Å². The molecule has 2 aromatic heterocycles. The highest BCUT2D eigenvalue weighted by atomic mass is 35.5. The molecule has 0 bridgehead atoms. The average molecular weight is 531 g/mol. The molecule has 37 heavy (non-hydrogen) atoms. The highest BCUT2D eigenvalue weighted by Crippen LogP contribution is 2.34. The molecule has 0 aliphatic heterocycles. The number of hydrogen-bond donors (Lipinski definition) is 1. The van der Waals surface area contributed by atoms with E-state index in [1.165, 1.54) is 0 Å². The molecule has 2 N–H and O–H groups in total. The van der Waals surface area contributed by atoms with Crippen molar-refractivity contribution >= 4 is 35.2 Å². The van der Waals surface area contributed by atoms with E-state index in [1.54, 1.807) is 4.90 Å². The first-order valence-electron chi connectivity index (χ1n) is 13.0. The lowest BCUT2D eigenvalue weighted by Gasteiger charge is -2.28. The molecule has 3 aromatic rings. The van der Waals surface area contributed by atoms with Crippen LogP contribution in [0.4, 0.5) is 4.79 Å². The van der Waals surface area contributed by atoms with Crippen LogP contribution < -0.4 is 10.3 Å². The highest BCUT2D eigenvalue weighted by molar-refractivity contribution is 6.11. The van der Waals surface area contributed by atoms with E-state index in [4.69, 9.17) is 10.5 Å². The molecule has 4 rings (SSSR count). The van der Waals surface area contributed by atoms with Crippen molar-refractivity contribution in [1.29, 1.82) is 0 Å². The zero-order valence-corrected chi connectivity index (χ0v) is 23.6. The molecule has 1 aliphatic rings. The minimum Gasteiger partial charge on any atom is -0.405 e. The van der Waals surface area contributed by atoms with Gasteiger partial charge in [0, 0.05) is 61.2 Å². The lowest BCUT2D eigenvalue weighted by atomic mass is 9.85. The summed E-state index contributed by atoms with van der Waals surface area (Å²) in [5, 5.41) is 1.04. The summed E-state index contributed by atoms with van der Waals surface area (Å²) in [5.74, 6) is 1.14. The highest BCUT2D eigenvalue weighted by Gasteiger charge is 2.35. The van der Waals surface area contributed by atoms with Crippen LogP contribution in [0, 0.1) is 18.8 Å². The molecule has 2 heterocycles. The zero-order chi connectivity index (χ0) is 26.1. The van der Waals surface area contributed by atoms with Gasteiger partial charge in [-0.25, -0.2) is 9.36 Å². The summed E-state index contributed by atoms with van der Waals surface area (Å²) < 4.78 is 12.3. The third-order valence-corrected chi connectivity index (χ3v) is 7.48. The Labute approximate surface area is 225 Å². The minimum atomic E-state index is -0.454. The van der Waals surface area contributed by atoms with Gasteiger partial charge in [-0.3, -0.25) is 4.79 Å². The van der Waals surface area contributed by atoms with E-state index in [1.807, 2.05) is 63.7 Å². The molecular weight excluding hydrogens is 490 g/mol. The number of Topliss-reactive ketones (excluding diaryl/α,β-unsaturated/α-hetero) is 1. The van der Waals surface area contributed by atoms with Gasteiger partial charge in [0.15, 0.2) is 5.78 Å². The van der Waals surface area contributed by atoms with E-state index in [9.17, 15) is 9.59 Å². The van der Waals surface area contributed by atoms with Crippen LogP contribution >= 0.6 is 12.4 Å². The molecule has 9 heteroatoms. The predicted molar refractivity (Wildman–Crippen MR) is 147 cm³/mol. The number of benzene rings is 1. The second-order valence-corrected chi connectivity index (χ2v) is 10.5. The first kappa shape index (κ1) is 28.7. The maximum atomic E-state index is 13.6. The molecule has 1 aromatic carbocycles. The Kier molecular flexibility index (Phi) is 9.08. The number of rotatable bonds is 8. The molecule has 0 radical (unpaired) electrons. The summed E-state index contributed by atoms with van der Waals surface area (Å²) in [6.07, 6.45) is 4.83. The van der Waals surface area contributed by atoms with E-state index in [-0.39, 0.29) is 42.2 Å². The average Bonchev–Trinajstić information content (AvgIpc) is 3.34. The Morgan fingerprint density at radius 2 is 1.95 bits per heavy atom.